The molecule has 0 fully saturated rings. The van der Waals surface area contributed by atoms with Crippen LogP contribution in [0, 0.1) is 0 Å². The number of anilines is 2. The van der Waals surface area contributed by atoms with Crippen molar-refractivity contribution in [3.63, 3.8) is 0 Å². The van der Waals surface area contributed by atoms with Gasteiger partial charge in [-0.1, -0.05) is 24.6 Å². The number of rotatable bonds is 5. The zero-order valence-corrected chi connectivity index (χ0v) is 13.8. The number of hydrogen-bond donors (Lipinski definition) is 2. The van der Waals surface area contributed by atoms with E-state index in [0.29, 0.717) is 22.2 Å². The molecule has 0 radical (unpaired) electrons. The number of nitrogens with one attached hydrogen (secondary N) is 2. The van der Waals surface area contributed by atoms with E-state index in [9.17, 15) is 4.79 Å². The SMILES string of the molecule is CCCNc1cccc(C(=O)Nc2ccc(Cl)c(Br)c2)n1. The van der Waals surface area contributed by atoms with Crippen LogP contribution in [0.3, 0.4) is 0 Å². The smallest absolute Gasteiger partial charge is 0.274 e. The zero-order chi connectivity index (χ0) is 15.2. The van der Waals surface area contributed by atoms with Crippen molar-refractivity contribution >= 4 is 44.9 Å². The Hall–Kier alpha value is -1.59. The third-order valence-electron chi connectivity index (χ3n) is 2.72. The van der Waals surface area contributed by atoms with Crippen molar-refractivity contribution in [3.8, 4) is 0 Å². The van der Waals surface area contributed by atoms with Gasteiger partial charge in [-0.05, 0) is 52.7 Å². The van der Waals surface area contributed by atoms with Gasteiger partial charge in [-0.25, -0.2) is 4.98 Å². The summed E-state index contributed by atoms with van der Waals surface area (Å²) in [4.78, 5) is 16.5. The summed E-state index contributed by atoms with van der Waals surface area (Å²) in [6, 6.07) is 10.5. The summed E-state index contributed by atoms with van der Waals surface area (Å²) in [6.45, 7) is 2.89. The first-order chi connectivity index (χ1) is 10.1. The van der Waals surface area contributed by atoms with Gasteiger partial charge in [0.15, 0.2) is 0 Å². The normalized spacial score (nSPS) is 10.2. The summed E-state index contributed by atoms with van der Waals surface area (Å²) in [7, 11) is 0. The molecule has 0 unspecified atom stereocenters. The first kappa shape index (κ1) is 15.8. The molecule has 0 aliphatic carbocycles. The molecule has 110 valence electrons. The first-order valence-electron chi connectivity index (χ1n) is 6.57. The minimum Gasteiger partial charge on any atom is -0.370 e. The summed E-state index contributed by atoms with van der Waals surface area (Å²) in [5.41, 5.74) is 1.02. The van der Waals surface area contributed by atoms with Crippen LogP contribution >= 0.6 is 27.5 Å². The number of carbonyl (C=O) groups excluding carboxylic acids is 1. The van der Waals surface area contributed by atoms with Gasteiger partial charge < -0.3 is 10.6 Å². The Balaban J connectivity index is 2.10. The average molecular weight is 369 g/mol. The van der Waals surface area contributed by atoms with Crippen molar-refractivity contribution in [2.24, 2.45) is 0 Å². The Morgan fingerprint density at radius 3 is 2.86 bits per heavy atom. The molecule has 1 aromatic carbocycles. The number of amides is 1. The van der Waals surface area contributed by atoms with E-state index in [2.05, 4.69) is 38.5 Å². The topological polar surface area (TPSA) is 54.0 Å². The van der Waals surface area contributed by atoms with Crippen molar-refractivity contribution < 1.29 is 4.79 Å². The summed E-state index contributed by atoms with van der Waals surface area (Å²) in [6.07, 6.45) is 0.997. The van der Waals surface area contributed by atoms with E-state index in [0.717, 1.165) is 17.4 Å². The van der Waals surface area contributed by atoms with E-state index in [4.69, 9.17) is 11.6 Å². The predicted molar refractivity (Wildman–Crippen MR) is 90.1 cm³/mol. The van der Waals surface area contributed by atoms with E-state index in [1.165, 1.54) is 0 Å². The van der Waals surface area contributed by atoms with Crippen molar-refractivity contribution in [3.05, 3.63) is 51.6 Å². The van der Waals surface area contributed by atoms with Crippen molar-refractivity contribution in [1.29, 1.82) is 0 Å². The second kappa shape index (κ2) is 7.43. The molecular formula is C15H15BrClN3O. The molecular weight excluding hydrogens is 354 g/mol. The Bertz CT molecular complexity index is 649. The Labute approximate surface area is 137 Å². The number of nitrogens with zero attached hydrogens (tertiary/aromatic N) is 1. The fourth-order valence-electron chi connectivity index (χ4n) is 1.68. The van der Waals surface area contributed by atoms with Crippen LogP contribution in [0.5, 0.6) is 0 Å². The van der Waals surface area contributed by atoms with Gasteiger partial charge in [-0.15, -0.1) is 0 Å². The molecule has 0 bridgehead atoms. The predicted octanol–water partition coefficient (Wildman–Crippen LogP) is 4.57. The van der Waals surface area contributed by atoms with Gasteiger partial charge in [0.2, 0.25) is 0 Å². The lowest BCUT2D eigenvalue weighted by Crippen LogP contribution is -2.14. The lowest BCUT2D eigenvalue weighted by molar-refractivity contribution is 0.102. The molecule has 0 aliphatic heterocycles. The van der Waals surface area contributed by atoms with Gasteiger partial charge in [0, 0.05) is 16.7 Å². The molecule has 0 spiro atoms. The standard InChI is InChI=1S/C15H15BrClN3O/c1-2-8-18-14-5-3-4-13(20-14)15(21)19-10-6-7-12(17)11(16)9-10/h3-7,9H,2,8H2,1H3,(H,18,20)(H,19,21). The third-order valence-corrected chi connectivity index (χ3v) is 3.93. The van der Waals surface area contributed by atoms with Gasteiger partial charge in [-0.2, -0.15) is 0 Å². The van der Waals surface area contributed by atoms with Crippen molar-refractivity contribution in [2.75, 3.05) is 17.2 Å². The highest BCUT2D eigenvalue weighted by Gasteiger charge is 2.09. The Morgan fingerprint density at radius 2 is 2.14 bits per heavy atom. The second-order valence-corrected chi connectivity index (χ2v) is 5.68. The minimum absolute atomic E-state index is 0.260. The maximum Gasteiger partial charge on any atom is 0.274 e. The third kappa shape index (κ3) is 4.44. The van der Waals surface area contributed by atoms with Crippen LogP contribution in [0.15, 0.2) is 40.9 Å². The molecule has 2 rings (SSSR count). The lowest BCUT2D eigenvalue weighted by atomic mass is 10.3. The van der Waals surface area contributed by atoms with Gasteiger partial charge >= 0.3 is 0 Å². The maximum absolute atomic E-state index is 12.2. The fraction of sp³-hybridized carbons (Fsp3) is 0.200. The van der Waals surface area contributed by atoms with Crippen LogP contribution in [0.4, 0.5) is 11.5 Å². The quantitative estimate of drug-likeness (QED) is 0.812. The van der Waals surface area contributed by atoms with Gasteiger partial charge in [0.05, 0.1) is 5.02 Å². The number of aromatic nitrogens is 1. The monoisotopic (exact) mass is 367 g/mol. The highest BCUT2D eigenvalue weighted by molar-refractivity contribution is 9.10. The van der Waals surface area contributed by atoms with Gasteiger partial charge in [0.25, 0.3) is 5.91 Å². The number of halogens is 2. The molecule has 4 nitrogen and oxygen atoms in total. The summed E-state index contributed by atoms with van der Waals surface area (Å²) >= 11 is 9.25. The Morgan fingerprint density at radius 1 is 1.33 bits per heavy atom. The molecule has 0 aliphatic rings. The number of benzene rings is 1. The Kier molecular flexibility index (Phi) is 5.59. The van der Waals surface area contributed by atoms with E-state index >= 15 is 0 Å². The number of pyridine rings is 1. The zero-order valence-electron chi connectivity index (χ0n) is 11.5. The molecule has 21 heavy (non-hydrogen) atoms. The summed E-state index contributed by atoms with van der Waals surface area (Å²) in [5, 5.41) is 6.54. The largest absolute Gasteiger partial charge is 0.370 e. The highest BCUT2D eigenvalue weighted by Crippen LogP contribution is 2.25. The van der Waals surface area contributed by atoms with E-state index in [-0.39, 0.29) is 5.91 Å². The van der Waals surface area contributed by atoms with Crippen LogP contribution in [-0.2, 0) is 0 Å². The van der Waals surface area contributed by atoms with Crippen molar-refractivity contribution in [2.45, 2.75) is 13.3 Å². The molecule has 2 N–H and O–H groups in total. The van der Waals surface area contributed by atoms with Gasteiger partial charge in [-0.3, -0.25) is 4.79 Å². The van der Waals surface area contributed by atoms with Crippen LogP contribution in [0.25, 0.3) is 0 Å². The van der Waals surface area contributed by atoms with Gasteiger partial charge in [0.1, 0.15) is 11.5 Å². The van der Waals surface area contributed by atoms with Crippen LogP contribution in [0.2, 0.25) is 5.02 Å². The molecule has 0 saturated carbocycles. The summed E-state index contributed by atoms with van der Waals surface area (Å²) in [5.74, 6) is 0.436. The van der Waals surface area contributed by atoms with Crippen molar-refractivity contribution in [1.82, 2.24) is 4.98 Å². The first-order valence-corrected chi connectivity index (χ1v) is 7.74. The molecule has 6 heteroatoms. The molecule has 2 aromatic rings. The van der Waals surface area contributed by atoms with E-state index in [1.54, 1.807) is 30.3 Å². The fourth-order valence-corrected chi connectivity index (χ4v) is 2.18. The van der Waals surface area contributed by atoms with E-state index in [1.807, 2.05) is 6.07 Å². The molecule has 1 heterocycles. The minimum atomic E-state index is -0.260. The molecule has 1 aromatic heterocycles. The molecule has 1 amide bonds. The molecule has 0 atom stereocenters. The number of carbonyl (C=O) groups is 1. The van der Waals surface area contributed by atoms with Crippen LogP contribution < -0.4 is 10.6 Å². The van der Waals surface area contributed by atoms with E-state index < -0.39 is 0 Å². The maximum atomic E-state index is 12.2. The average Bonchev–Trinajstić information content (AvgIpc) is 2.49. The highest BCUT2D eigenvalue weighted by atomic mass is 79.9. The van der Waals surface area contributed by atoms with Crippen LogP contribution in [0.1, 0.15) is 23.8 Å². The summed E-state index contributed by atoms with van der Waals surface area (Å²) < 4.78 is 0.730. The second-order valence-electron chi connectivity index (χ2n) is 4.42. The number of hydrogen-bond acceptors (Lipinski definition) is 3. The molecule has 0 saturated heterocycles. The lowest BCUT2D eigenvalue weighted by Gasteiger charge is -2.08. The van der Waals surface area contributed by atoms with Crippen LogP contribution in [-0.4, -0.2) is 17.4 Å².